The summed E-state index contributed by atoms with van der Waals surface area (Å²) in [4.78, 5) is 19.6. The molecule has 5 nitrogen and oxygen atoms in total. The number of rotatable bonds is 3. The predicted octanol–water partition coefficient (Wildman–Crippen LogP) is 3.60. The van der Waals surface area contributed by atoms with Crippen LogP contribution in [0.1, 0.15) is 40.7 Å². The molecule has 1 aromatic carbocycles. The molecule has 136 valence electrons. The second-order valence-electron chi connectivity index (χ2n) is 7.12. The minimum atomic E-state index is 0.215. The van der Waals surface area contributed by atoms with Crippen molar-refractivity contribution in [3.8, 4) is 0 Å². The number of carbonyl (C=O) groups is 1. The lowest BCUT2D eigenvalue weighted by atomic mass is 9.97. The summed E-state index contributed by atoms with van der Waals surface area (Å²) in [5.74, 6) is 0.685. The molecule has 0 unspecified atom stereocenters. The third-order valence-electron chi connectivity index (χ3n) is 5.49. The largest absolute Gasteiger partial charge is 0.342 e. The van der Waals surface area contributed by atoms with Crippen molar-refractivity contribution < 1.29 is 4.79 Å². The van der Waals surface area contributed by atoms with Crippen molar-refractivity contribution >= 4 is 27.5 Å². The summed E-state index contributed by atoms with van der Waals surface area (Å²) in [7, 11) is 1.93. The van der Waals surface area contributed by atoms with Crippen molar-refractivity contribution in [2.24, 2.45) is 7.05 Å². The molecular weight excluding hydrogens is 344 g/mol. The first-order valence-corrected chi connectivity index (χ1v) is 9.97. The first-order chi connectivity index (χ1) is 12.5. The van der Waals surface area contributed by atoms with E-state index in [1.807, 2.05) is 36.5 Å². The van der Waals surface area contributed by atoms with Crippen molar-refractivity contribution in [3.05, 3.63) is 46.2 Å². The summed E-state index contributed by atoms with van der Waals surface area (Å²) in [6.45, 7) is 5.65. The van der Waals surface area contributed by atoms with E-state index in [9.17, 15) is 4.79 Å². The Balaban J connectivity index is 1.40. The zero-order valence-electron chi connectivity index (χ0n) is 15.5. The zero-order valence-corrected chi connectivity index (χ0v) is 16.3. The third kappa shape index (κ3) is 3.14. The first kappa shape index (κ1) is 17.2. The molecule has 1 aliphatic rings. The van der Waals surface area contributed by atoms with Crippen molar-refractivity contribution in [1.82, 2.24) is 19.7 Å². The number of hydrogen-bond acceptors (Lipinski definition) is 4. The highest BCUT2D eigenvalue weighted by molar-refractivity contribution is 7.18. The highest BCUT2D eigenvalue weighted by Gasteiger charge is 2.26. The van der Waals surface area contributed by atoms with E-state index in [1.54, 1.807) is 11.3 Å². The monoisotopic (exact) mass is 368 g/mol. The number of amides is 1. The highest BCUT2D eigenvalue weighted by Crippen LogP contribution is 2.34. The Morgan fingerprint density at radius 2 is 1.96 bits per heavy atom. The van der Waals surface area contributed by atoms with Crippen LogP contribution < -0.4 is 0 Å². The van der Waals surface area contributed by atoms with Crippen molar-refractivity contribution in [1.29, 1.82) is 0 Å². The molecule has 0 saturated carbocycles. The Bertz CT molecular complexity index is 917. The van der Waals surface area contributed by atoms with Gasteiger partial charge in [-0.3, -0.25) is 9.48 Å². The third-order valence-corrected chi connectivity index (χ3v) is 6.69. The van der Waals surface area contributed by atoms with E-state index in [0.717, 1.165) is 48.4 Å². The van der Waals surface area contributed by atoms with E-state index < -0.39 is 0 Å². The second-order valence-corrected chi connectivity index (χ2v) is 8.19. The summed E-state index contributed by atoms with van der Waals surface area (Å²) < 4.78 is 3.11. The molecule has 6 heteroatoms. The summed E-state index contributed by atoms with van der Waals surface area (Å²) in [5, 5.41) is 5.64. The smallest absolute Gasteiger partial charge is 0.227 e. The first-order valence-electron chi connectivity index (χ1n) is 9.15. The number of aryl methyl sites for hydroxylation is 2. The second kappa shape index (κ2) is 6.83. The average Bonchev–Trinajstić information content (AvgIpc) is 3.18. The summed E-state index contributed by atoms with van der Waals surface area (Å²) in [5.41, 5.74) is 4.21. The van der Waals surface area contributed by atoms with Gasteiger partial charge in [-0.25, -0.2) is 4.98 Å². The van der Waals surface area contributed by atoms with Crippen molar-refractivity contribution in [2.75, 3.05) is 13.1 Å². The summed E-state index contributed by atoms with van der Waals surface area (Å²) in [6, 6.07) is 8.31. The molecule has 4 rings (SSSR count). The molecule has 1 aliphatic heterocycles. The zero-order chi connectivity index (χ0) is 18.3. The van der Waals surface area contributed by atoms with E-state index in [2.05, 4.69) is 23.3 Å². The van der Waals surface area contributed by atoms with Crippen LogP contribution in [0.25, 0.3) is 10.2 Å². The lowest BCUT2D eigenvalue weighted by Gasteiger charge is -2.31. The molecule has 0 aliphatic carbocycles. The Kier molecular flexibility index (Phi) is 4.53. The van der Waals surface area contributed by atoms with Gasteiger partial charge in [-0.2, -0.15) is 5.10 Å². The standard InChI is InChI=1S/C20H24N4OS/c1-13-16(14(2)23(3)22-13)12-19(25)24-10-8-15(9-11-24)20-21-17-6-4-5-7-18(17)26-20/h4-7,15H,8-12H2,1-3H3. The Hall–Kier alpha value is -2.21. The van der Waals surface area contributed by atoms with E-state index in [0.29, 0.717) is 12.3 Å². The van der Waals surface area contributed by atoms with Gasteiger partial charge in [0.25, 0.3) is 0 Å². The SMILES string of the molecule is Cc1nn(C)c(C)c1CC(=O)N1CCC(c2nc3ccccc3s2)CC1. The molecular formula is C20H24N4OS. The van der Waals surface area contributed by atoms with Gasteiger partial charge in [0.05, 0.1) is 27.3 Å². The Labute approximate surface area is 157 Å². The van der Waals surface area contributed by atoms with Gasteiger partial charge in [0.2, 0.25) is 5.91 Å². The number of hydrogen-bond donors (Lipinski definition) is 0. The maximum Gasteiger partial charge on any atom is 0.227 e. The van der Waals surface area contributed by atoms with E-state index in [-0.39, 0.29) is 5.91 Å². The molecule has 2 aromatic heterocycles. The number of para-hydroxylation sites is 1. The van der Waals surface area contributed by atoms with Crippen LogP contribution in [0.5, 0.6) is 0 Å². The average molecular weight is 369 g/mol. The predicted molar refractivity (Wildman–Crippen MR) is 105 cm³/mol. The minimum absolute atomic E-state index is 0.215. The molecule has 0 radical (unpaired) electrons. The lowest BCUT2D eigenvalue weighted by Crippen LogP contribution is -2.38. The van der Waals surface area contributed by atoms with Gasteiger partial charge < -0.3 is 4.90 Å². The maximum absolute atomic E-state index is 12.7. The van der Waals surface area contributed by atoms with Crippen LogP contribution in [-0.2, 0) is 18.3 Å². The normalized spacial score (nSPS) is 15.7. The van der Waals surface area contributed by atoms with Crippen molar-refractivity contribution in [3.63, 3.8) is 0 Å². The van der Waals surface area contributed by atoms with E-state index >= 15 is 0 Å². The van der Waals surface area contributed by atoms with E-state index in [4.69, 9.17) is 4.98 Å². The number of thiazole rings is 1. The van der Waals surface area contributed by atoms with Gasteiger partial charge in [0.15, 0.2) is 0 Å². The Morgan fingerprint density at radius 3 is 2.62 bits per heavy atom. The fraction of sp³-hybridized carbons (Fsp3) is 0.450. The van der Waals surface area contributed by atoms with Gasteiger partial charge in [-0.05, 0) is 38.8 Å². The number of nitrogens with zero attached hydrogens (tertiary/aromatic N) is 4. The molecule has 1 saturated heterocycles. The van der Waals surface area contributed by atoms with Crippen molar-refractivity contribution in [2.45, 2.75) is 39.0 Å². The molecule has 1 amide bonds. The van der Waals surface area contributed by atoms with Gasteiger partial charge in [-0.1, -0.05) is 12.1 Å². The summed E-state index contributed by atoms with van der Waals surface area (Å²) >= 11 is 1.80. The van der Waals surface area contributed by atoms with Crippen LogP contribution in [0.2, 0.25) is 0 Å². The number of piperidine rings is 1. The van der Waals surface area contributed by atoms with Crippen LogP contribution in [0.3, 0.4) is 0 Å². The van der Waals surface area contributed by atoms with Crippen LogP contribution in [-0.4, -0.2) is 38.7 Å². The molecule has 3 aromatic rings. The number of carbonyl (C=O) groups excluding carboxylic acids is 1. The van der Waals surface area contributed by atoms with Crippen LogP contribution in [0.4, 0.5) is 0 Å². The van der Waals surface area contributed by atoms with Gasteiger partial charge >= 0.3 is 0 Å². The highest BCUT2D eigenvalue weighted by atomic mass is 32.1. The van der Waals surface area contributed by atoms with Gasteiger partial charge in [0, 0.05) is 37.3 Å². The molecule has 0 spiro atoms. The molecule has 3 heterocycles. The van der Waals surface area contributed by atoms with Gasteiger partial charge in [0.1, 0.15) is 0 Å². The van der Waals surface area contributed by atoms with Gasteiger partial charge in [-0.15, -0.1) is 11.3 Å². The molecule has 0 atom stereocenters. The fourth-order valence-corrected chi connectivity index (χ4v) is 4.91. The maximum atomic E-state index is 12.7. The molecule has 1 fully saturated rings. The molecule has 0 N–H and O–H groups in total. The number of fused-ring (bicyclic) bond motifs is 1. The quantitative estimate of drug-likeness (QED) is 0.710. The van der Waals surface area contributed by atoms with E-state index in [1.165, 1.54) is 9.71 Å². The number of aromatic nitrogens is 3. The summed E-state index contributed by atoms with van der Waals surface area (Å²) in [6.07, 6.45) is 2.45. The van der Waals surface area contributed by atoms with Crippen LogP contribution in [0.15, 0.2) is 24.3 Å². The minimum Gasteiger partial charge on any atom is -0.342 e. The topological polar surface area (TPSA) is 51.0 Å². The molecule has 0 bridgehead atoms. The number of benzene rings is 1. The lowest BCUT2D eigenvalue weighted by molar-refractivity contribution is -0.131. The van der Waals surface area contributed by atoms with Crippen LogP contribution in [0, 0.1) is 13.8 Å². The number of likely N-dealkylation sites (tertiary alicyclic amines) is 1. The van der Waals surface area contributed by atoms with Crippen LogP contribution >= 0.6 is 11.3 Å². The molecule has 26 heavy (non-hydrogen) atoms. The Morgan fingerprint density at radius 1 is 1.23 bits per heavy atom. The fourth-order valence-electron chi connectivity index (χ4n) is 3.78.